The van der Waals surface area contributed by atoms with Crippen molar-refractivity contribution in [2.75, 3.05) is 5.32 Å². The van der Waals surface area contributed by atoms with Crippen molar-refractivity contribution in [1.82, 2.24) is 15.1 Å². The maximum atomic E-state index is 12.3. The van der Waals surface area contributed by atoms with Crippen molar-refractivity contribution in [3.05, 3.63) is 12.4 Å². The van der Waals surface area contributed by atoms with Gasteiger partial charge in [0.1, 0.15) is 6.54 Å². The van der Waals surface area contributed by atoms with Crippen LogP contribution in [-0.4, -0.2) is 33.9 Å². The number of fused-ring (bicyclic) bond motifs is 1. The second-order valence-electron chi connectivity index (χ2n) is 6.14. The number of halogens is 4. The van der Waals surface area contributed by atoms with E-state index in [4.69, 9.17) is 0 Å². The predicted molar refractivity (Wildman–Crippen MR) is 81.4 cm³/mol. The summed E-state index contributed by atoms with van der Waals surface area (Å²) in [5.41, 5.74) is 0.297. The van der Waals surface area contributed by atoms with E-state index in [0.29, 0.717) is 17.6 Å². The Kier molecular flexibility index (Phi) is 5.57. The van der Waals surface area contributed by atoms with Gasteiger partial charge < -0.3 is 10.6 Å². The molecule has 5 nitrogen and oxygen atoms in total. The van der Waals surface area contributed by atoms with Crippen LogP contribution >= 0.6 is 12.4 Å². The van der Waals surface area contributed by atoms with Crippen LogP contribution in [0.2, 0.25) is 0 Å². The van der Waals surface area contributed by atoms with Crippen LogP contribution in [0.4, 0.5) is 18.9 Å². The highest BCUT2D eigenvalue weighted by molar-refractivity contribution is 5.94. The Morgan fingerprint density at radius 2 is 2.13 bits per heavy atom. The van der Waals surface area contributed by atoms with Gasteiger partial charge in [-0.3, -0.25) is 9.48 Å². The second kappa shape index (κ2) is 7.09. The van der Waals surface area contributed by atoms with Crippen LogP contribution in [0.15, 0.2) is 12.4 Å². The Morgan fingerprint density at radius 1 is 1.39 bits per heavy atom. The van der Waals surface area contributed by atoms with E-state index in [9.17, 15) is 18.0 Å². The molecule has 1 aliphatic carbocycles. The number of anilines is 1. The lowest BCUT2D eigenvalue weighted by Crippen LogP contribution is -2.39. The SMILES string of the molecule is Cl.O=C(Nc1cnn(CC(F)(F)F)c1)C1CC2CCCCC2N1. The third-order valence-electron chi connectivity index (χ3n) is 4.42. The van der Waals surface area contributed by atoms with Gasteiger partial charge in [0, 0.05) is 12.2 Å². The first-order chi connectivity index (χ1) is 10.4. The van der Waals surface area contributed by atoms with E-state index in [1.807, 2.05) is 0 Å². The highest BCUT2D eigenvalue weighted by Crippen LogP contribution is 2.33. The highest BCUT2D eigenvalue weighted by Gasteiger charge is 2.38. The molecule has 9 heteroatoms. The zero-order valence-electron chi connectivity index (χ0n) is 12.5. The molecule has 3 rings (SSSR count). The number of carbonyl (C=O) groups is 1. The number of aromatic nitrogens is 2. The van der Waals surface area contributed by atoms with Crippen LogP contribution in [0.5, 0.6) is 0 Å². The second-order valence-corrected chi connectivity index (χ2v) is 6.14. The Bertz CT molecular complexity index is 534. The van der Waals surface area contributed by atoms with Crippen LogP contribution in [0.25, 0.3) is 0 Å². The Labute approximate surface area is 138 Å². The molecule has 1 aromatic heterocycles. The van der Waals surface area contributed by atoms with Gasteiger partial charge in [0.25, 0.3) is 0 Å². The van der Waals surface area contributed by atoms with Crippen LogP contribution in [0, 0.1) is 5.92 Å². The van der Waals surface area contributed by atoms with E-state index in [-0.39, 0.29) is 24.4 Å². The van der Waals surface area contributed by atoms with E-state index < -0.39 is 12.7 Å². The molecule has 0 aromatic carbocycles. The standard InChI is InChI=1S/C14H19F3N4O.ClH/c15-14(16,17)8-21-7-10(6-18-21)19-13(22)12-5-9-3-1-2-4-11(9)20-12;/h6-7,9,11-12,20H,1-5,8H2,(H,19,22);1H. The molecule has 3 unspecified atom stereocenters. The normalized spacial score (nSPS) is 27.2. The molecule has 2 aliphatic rings. The molecule has 1 saturated carbocycles. The molecule has 0 bridgehead atoms. The zero-order chi connectivity index (χ0) is 15.7. The summed E-state index contributed by atoms with van der Waals surface area (Å²) in [4.78, 5) is 12.2. The fourth-order valence-electron chi connectivity index (χ4n) is 3.45. The first-order valence-corrected chi connectivity index (χ1v) is 7.57. The largest absolute Gasteiger partial charge is 0.408 e. The maximum Gasteiger partial charge on any atom is 0.408 e. The summed E-state index contributed by atoms with van der Waals surface area (Å²) >= 11 is 0. The van der Waals surface area contributed by atoms with Gasteiger partial charge in [-0.1, -0.05) is 12.8 Å². The molecule has 2 N–H and O–H groups in total. The zero-order valence-corrected chi connectivity index (χ0v) is 13.3. The minimum atomic E-state index is -4.32. The smallest absolute Gasteiger partial charge is 0.322 e. The van der Waals surface area contributed by atoms with Gasteiger partial charge in [0.2, 0.25) is 5.91 Å². The van der Waals surface area contributed by atoms with Gasteiger partial charge in [-0.15, -0.1) is 12.4 Å². The molecule has 1 saturated heterocycles. The number of amides is 1. The van der Waals surface area contributed by atoms with Crippen molar-refractivity contribution < 1.29 is 18.0 Å². The van der Waals surface area contributed by atoms with E-state index >= 15 is 0 Å². The summed E-state index contributed by atoms with van der Waals surface area (Å²) < 4.78 is 37.6. The molecule has 1 aliphatic heterocycles. The van der Waals surface area contributed by atoms with E-state index in [1.54, 1.807) is 0 Å². The summed E-state index contributed by atoms with van der Waals surface area (Å²) in [6.45, 7) is -1.16. The molecular formula is C14H20ClF3N4O. The van der Waals surface area contributed by atoms with Crippen molar-refractivity contribution in [2.45, 2.75) is 56.9 Å². The van der Waals surface area contributed by atoms with Crippen molar-refractivity contribution >= 4 is 24.0 Å². The number of alkyl halides is 3. The predicted octanol–water partition coefficient (Wildman–Crippen LogP) is 2.73. The molecular weight excluding hydrogens is 333 g/mol. The summed E-state index contributed by atoms with van der Waals surface area (Å²) in [5, 5.41) is 9.60. The van der Waals surface area contributed by atoms with E-state index in [2.05, 4.69) is 15.7 Å². The molecule has 0 spiro atoms. The van der Waals surface area contributed by atoms with Crippen LogP contribution in [0.3, 0.4) is 0 Å². The molecule has 0 radical (unpaired) electrons. The van der Waals surface area contributed by atoms with Crippen molar-refractivity contribution in [1.29, 1.82) is 0 Å². The van der Waals surface area contributed by atoms with E-state index in [0.717, 1.165) is 23.9 Å². The van der Waals surface area contributed by atoms with E-state index in [1.165, 1.54) is 25.2 Å². The molecule has 130 valence electrons. The lowest BCUT2D eigenvalue weighted by atomic mass is 9.85. The summed E-state index contributed by atoms with van der Waals surface area (Å²) in [5.74, 6) is 0.346. The summed E-state index contributed by atoms with van der Waals surface area (Å²) in [6.07, 6.45) is 3.55. The third-order valence-corrected chi connectivity index (χ3v) is 4.42. The minimum absolute atomic E-state index is 0. The number of hydrogen-bond donors (Lipinski definition) is 2. The minimum Gasteiger partial charge on any atom is -0.322 e. The fourth-order valence-corrected chi connectivity index (χ4v) is 3.45. The van der Waals surface area contributed by atoms with Gasteiger partial charge in [0.05, 0.1) is 17.9 Å². The molecule has 1 aromatic rings. The van der Waals surface area contributed by atoms with Crippen molar-refractivity contribution in [3.8, 4) is 0 Å². The van der Waals surface area contributed by atoms with Crippen molar-refractivity contribution in [2.24, 2.45) is 5.92 Å². The number of rotatable bonds is 3. The van der Waals surface area contributed by atoms with Gasteiger partial charge in [-0.25, -0.2) is 0 Å². The molecule has 1 amide bonds. The first kappa shape index (κ1) is 18.1. The fraction of sp³-hybridized carbons (Fsp3) is 0.714. The maximum absolute atomic E-state index is 12.3. The van der Waals surface area contributed by atoms with Gasteiger partial charge in [0.15, 0.2) is 0 Å². The number of nitrogens with zero attached hydrogens (tertiary/aromatic N) is 2. The lowest BCUT2D eigenvalue weighted by molar-refractivity contribution is -0.142. The van der Waals surface area contributed by atoms with Gasteiger partial charge in [-0.2, -0.15) is 18.3 Å². The molecule has 3 atom stereocenters. The summed E-state index contributed by atoms with van der Waals surface area (Å²) in [6, 6.07) is 0.136. The average molecular weight is 353 g/mol. The Balaban J connectivity index is 0.00000192. The number of carbonyl (C=O) groups excluding carboxylic acids is 1. The first-order valence-electron chi connectivity index (χ1n) is 7.57. The summed E-state index contributed by atoms with van der Waals surface area (Å²) in [7, 11) is 0. The number of nitrogens with one attached hydrogen (secondary N) is 2. The van der Waals surface area contributed by atoms with Gasteiger partial charge >= 0.3 is 6.18 Å². The van der Waals surface area contributed by atoms with Crippen molar-refractivity contribution in [3.63, 3.8) is 0 Å². The highest BCUT2D eigenvalue weighted by atomic mass is 35.5. The van der Waals surface area contributed by atoms with Crippen LogP contribution in [0.1, 0.15) is 32.1 Å². The van der Waals surface area contributed by atoms with Crippen LogP contribution < -0.4 is 10.6 Å². The monoisotopic (exact) mass is 352 g/mol. The molecule has 23 heavy (non-hydrogen) atoms. The Hall–Kier alpha value is -1.28. The molecule has 2 fully saturated rings. The lowest BCUT2D eigenvalue weighted by Gasteiger charge is -2.24. The third kappa shape index (κ3) is 4.60. The molecule has 2 heterocycles. The van der Waals surface area contributed by atoms with Gasteiger partial charge in [-0.05, 0) is 25.2 Å². The average Bonchev–Trinajstić information content (AvgIpc) is 3.03. The Morgan fingerprint density at radius 3 is 2.83 bits per heavy atom. The quantitative estimate of drug-likeness (QED) is 0.879. The topological polar surface area (TPSA) is 59.0 Å². The van der Waals surface area contributed by atoms with Crippen LogP contribution in [-0.2, 0) is 11.3 Å². The number of hydrogen-bond acceptors (Lipinski definition) is 3.